The van der Waals surface area contributed by atoms with Gasteiger partial charge >= 0.3 is 7.12 Å². The molecule has 2 aromatic rings. The second-order valence-electron chi connectivity index (χ2n) is 6.74. The third kappa shape index (κ3) is 2.36. The van der Waals surface area contributed by atoms with Gasteiger partial charge in [-0.05, 0) is 53.7 Å². The SMILES string of the molecule is Cc1noc(C)c1-c1cccc(B2OC(C)(C)C(C)(C)O2)n1. The zero-order valence-electron chi connectivity index (χ0n) is 13.9. The van der Waals surface area contributed by atoms with Gasteiger partial charge in [0.05, 0.1) is 33.7 Å². The van der Waals surface area contributed by atoms with Gasteiger partial charge in [0.15, 0.2) is 0 Å². The number of hydrogen-bond donors (Lipinski definition) is 0. The Balaban J connectivity index is 1.97. The lowest BCUT2D eigenvalue weighted by Crippen LogP contribution is -2.41. The van der Waals surface area contributed by atoms with Crippen molar-refractivity contribution in [3.8, 4) is 11.3 Å². The van der Waals surface area contributed by atoms with E-state index in [0.29, 0.717) is 0 Å². The average Bonchev–Trinajstić information content (AvgIpc) is 2.87. The summed E-state index contributed by atoms with van der Waals surface area (Å²) in [5.41, 5.74) is 2.59. The zero-order chi connectivity index (χ0) is 16.1. The van der Waals surface area contributed by atoms with Gasteiger partial charge in [0.2, 0.25) is 0 Å². The molecule has 3 rings (SSSR count). The first-order chi connectivity index (χ1) is 10.2. The first kappa shape index (κ1) is 15.2. The van der Waals surface area contributed by atoms with Crippen LogP contribution in [0.3, 0.4) is 0 Å². The maximum atomic E-state index is 6.06. The summed E-state index contributed by atoms with van der Waals surface area (Å²) in [7, 11) is -0.467. The largest absolute Gasteiger partial charge is 0.514 e. The molecule has 1 aliphatic rings. The van der Waals surface area contributed by atoms with Gasteiger partial charge in [-0.2, -0.15) is 0 Å². The van der Waals surface area contributed by atoms with Crippen LogP contribution in [0.5, 0.6) is 0 Å². The fraction of sp³-hybridized carbons (Fsp3) is 0.500. The normalized spacial score (nSPS) is 19.6. The van der Waals surface area contributed by atoms with Crippen molar-refractivity contribution in [2.45, 2.75) is 52.7 Å². The minimum absolute atomic E-state index is 0.377. The summed E-state index contributed by atoms with van der Waals surface area (Å²) >= 11 is 0. The first-order valence-electron chi connectivity index (χ1n) is 7.47. The van der Waals surface area contributed by atoms with Crippen molar-refractivity contribution < 1.29 is 13.8 Å². The maximum absolute atomic E-state index is 6.06. The van der Waals surface area contributed by atoms with Crippen molar-refractivity contribution in [3.63, 3.8) is 0 Å². The zero-order valence-corrected chi connectivity index (χ0v) is 13.9. The van der Waals surface area contributed by atoms with E-state index in [9.17, 15) is 0 Å². The predicted molar refractivity (Wildman–Crippen MR) is 84.9 cm³/mol. The van der Waals surface area contributed by atoms with Crippen LogP contribution in [0.25, 0.3) is 11.3 Å². The Labute approximate surface area is 131 Å². The van der Waals surface area contributed by atoms with Crippen molar-refractivity contribution >= 4 is 12.7 Å². The molecule has 0 aromatic carbocycles. The summed E-state index contributed by atoms with van der Waals surface area (Å²) in [6.45, 7) is 11.9. The van der Waals surface area contributed by atoms with Gasteiger partial charge in [0.25, 0.3) is 0 Å². The Morgan fingerprint density at radius 2 is 1.64 bits per heavy atom. The predicted octanol–water partition coefficient (Wildman–Crippen LogP) is 2.65. The molecular weight excluding hydrogens is 279 g/mol. The van der Waals surface area contributed by atoms with Crippen LogP contribution in [0.15, 0.2) is 22.7 Å². The van der Waals surface area contributed by atoms with Crippen molar-refractivity contribution in [3.05, 3.63) is 29.7 Å². The number of pyridine rings is 1. The van der Waals surface area contributed by atoms with E-state index in [1.165, 1.54) is 0 Å². The van der Waals surface area contributed by atoms with Crippen LogP contribution in [0.1, 0.15) is 39.1 Å². The molecular formula is C16H21BN2O3. The van der Waals surface area contributed by atoms with Gasteiger partial charge in [-0.3, -0.25) is 4.98 Å². The van der Waals surface area contributed by atoms with Crippen LogP contribution in [0.4, 0.5) is 0 Å². The molecule has 0 bridgehead atoms. The van der Waals surface area contributed by atoms with Crippen molar-refractivity contribution in [2.75, 3.05) is 0 Å². The molecule has 1 fully saturated rings. The van der Waals surface area contributed by atoms with E-state index in [1.807, 2.05) is 59.7 Å². The molecule has 1 saturated heterocycles. The molecule has 22 heavy (non-hydrogen) atoms. The summed E-state index contributed by atoms with van der Waals surface area (Å²) < 4.78 is 17.3. The third-order valence-corrected chi connectivity index (χ3v) is 4.55. The van der Waals surface area contributed by atoms with E-state index in [2.05, 4.69) is 5.16 Å². The first-order valence-corrected chi connectivity index (χ1v) is 7.47. The molecule has 116 valence electrons. The minimum atomic E-state index is -0.467. The molecule has 0 N–H and O–H groups in total. The Hall–Kier alpha value is -1.66. The van der Waals surface area contributed by atoms with Crippen LogP contribution in [-0.4, -0.2) is 28.5 Å². The lowest BCUT2D eigenvalue weighted by atomic mass is 9.84. The summed E-state index contributed by atoms with van der Waals surface area (Å²) in [6.07, 6.45) is 0. The molecule has 0 amide bonds. The molecule has 3 heterocycles. The monoisotopic (exact) mass is 300 g/mol. The summed E-state index contributed by atoms with van der Waals surface area (Å²) in [5.74, 6) is 0.760. The van der Waals surface area contributed by atoms with Crippen molar-refractivity contribution in [1.82, 2.24) is 10.1 Å². The quantitative estimate of drug-likeness (QED) is 0.798. The molecule has 1 aliphatic heterocycles. The molecule has 0 atom stereocenters. The Morgan fingerprint density at radius 3 is 2.18 bits per heavy atom. The van der Waals surface area contributed by atoms with Crippen LogP contribution >= 0.6 is 0 Å². The van der Waals surface area contributed by atoms with Crippen LogP contribution in [-0.2, 0) is 9.31 Å². The number of aryl methyl sites for hydroxylation is 2. The van der Waals surface area contributed by atoms with Crippen LogP contribution in [0, 0.1) is 13.8 Å². The van der Waals surface area contributed by atoms with Crippen LogP contribution < -0.4 is 5.59 Å². The molecule has 0 unspecified atom stereocenters. The molecule has 2 aromatic heterocycles. The third-order valence-electron chi connectivity index (χ3n) is 4.55. The van der Waals surface area contributed by atoms with Gasteiger partial charge in [0.1, 0.15) is 5.76 Å². The molecule has 0 aliphatic carbocycles. The Kier molecular flexibility index (Phi) is 3.42. The van der Waals surface area contributed by atoms with E-state index in [0.717, 1.165) is 28.3 Å². The summed E-state index contributed by atoms with van der Waals surface area (Å²) in [5, 5.41) is 3.99. The Morgan fingerprint density at radius 1 is 1.00 bits per heavy atom. The van der Waals surface area contributed by atoms with E-state index in [4.69, 9.17) is 18.8 Å². The van der Waals surface area contributed by atoms with Crippen LogP contribution in [0.2, 0.25) is 0 Å². The van der Waals surface area contributed by atoms with Gasteiger partial charge in [-0.1, -0.05) is 11.2 Å². The topological polar surface area (TPSA) is 57.4 Å². The van der Waals surface area contributed by atoms with Gasteiger partial charge in [-0.15, -0.1) is 0 Å². The highest BCUT2D eigenvalue weighted by atomic mass is 16.7. The van der Waals surface area contributed by atoms with Gasteiger partial charge in [-0.25, -0.2) is 0 Å². The lowest BCUT2D eigenvalue weighted by molar-refractivity contribution is 0.00578. The maximum Gasteiger partial charge on any atom is 0.514 e. The molecule has 5 nitrogen and oxygen atoms in total. The second kappa shape index (κ2) is 4.93. The number of aromatic nitrogens is 2. The number of rotatable bonds is 2. The van der Waals surface area contributed by atoms with E-state index >= 15 is 0 Å². The summed E-state index contributed by atoms with van der Waals surface area (Å²) in [6, 6.07) is 5.82. The molecule has 6 heteroatoms. The van der Waals surface area contributed by atoms with Gasteiger partial charge in [0, 0.05) is 0 Å². The molecule has 0 spiro atoms. The highest BCUT2D eigenvalue weighted by molar-refractivity contribution is 6.61. The van der Waals surface area contributed by atoms with E-state index < -0.39 is 7.12 Å². The van der Waals surface area contributed by atoms with Crippen molar-refractivity contribution in [2.24, 2.45) is 0 Å². The molecule has 0 radical (unpaired) electrons. The minimum Gasteiger partial charge on any atom is -0.398 e. The van der Waals surface area contributed by atoms with E-state index in [1.54, 1.807) is 0 Å². The smallest absolute Gasteiger partial charge is 0.398 e. The number of hydrogen-bond acceptors (Lipinski definition) is 5. The fourth-order valence-corrected chi connectivity index (χ4v) is 2.53. The number of nitrogens with zero attached hydrogens (tertiary/aromatic N) is 2. The van der Waals surface area contributed by atoms with Gasteiger partial charge < -0.3 is 13.8 Å². The van der Waals surface area contributed by atoms with Crippen molar-refractivity contribution in [1.29, 1.82) is 0 Å². The lowest BCUT2D eigenvalue weighted by Gasteiger charge is -2.32. The second-order valence-corrected chi connectivity index (χ2v) is 6.74. The standard InChI is InChI=1S/C16H21BN2O3/c1-10-14(11(2)20-19-10)12-8-7-9-13(18-12)17-21-15(3,4)16(5,6)22-17/h7-9H,1-6H3. The fourth-order valence-electron chi connectivity index (χ4n) is 2.53. The average molecular weight is 300 g/mol. The summed E-state index contributed by atoms with van der Waals surface area (Å²) in [4.78, 5) is 4.70. The molecule has 0 saturated carbocycles. The highest BCUT2D eigenvalue weighted by Gasteiger charge is 2.52. The highest BCUT2D eigenvalue weighted by Crippen LogP contribution is 2.36. The Bertz CT molecular complexity index is 674. The van der Waals surface area contributed by atoms with E-state index in [-0.39, 0.29) is 11.2 Å².